The molecule has 2 heterocycles. The number of cyclic esters (lactones) is 1. The van der Waals surface area contributed by atoms with Gasteiger partial charge in [-0.1, -0.05) is 30.3 Å². The maximum atomic E-state index is 13.1. The number of rotatable bonds is 4. The molecular formula is C23H25N3O2. The van der Waals surface area contributed by atoms with Crippen molar-refractivity contribution in [2.45, 2.75) is 5.60 Å². The normalized spacial score (nSPS) is 18.0. The zero-order valence-corrected chi connectivity index (χ0v) is 16.9. The Balaban J connectivity index is 2.13. The van der Waals surface area contributed by atoms with Crippen LogP contribution in [-0.2, 0) is 17.4 Å². The van der Waals surface area contributed by atoms with Gasteiger partial charge in [-0.3, -0.25) is 0 Å². The summed E-state index contributed by atoms with van der Waals surface area (Å²) in [4.78, 5) is 17.2. The predicted octanol–water partition coefficient (Wildman–Crippen LogP) is 3.62. The number of fused-ring (bicyclic) bond motifs is 1. The number of carbonyl (C=O) groups excluding carboxylic acids is 1. The summed E-state index contributed by atoms with van der Waals surface area (Å²) in [7, 11) is 9.93. The van der Waals surface area contributed by atoms with Crippen molar-refractivity contribution in [3.05, 3.63) is 83.2 Å². The first-order chi connectivity index (χ1) is 13.4. The van der Waals surface area contributed by atoms with Gasteiger partial charge in [-0.25, -0.2) is 4.79 Å². The lowest BCUT2D eigenvalue weighted by molar-refractivity contribution is 0.0232. The van der Waals surface area contributed by atoms with Crippen molar-refractivity contribution < 1.29 is 9.53 Å². The SMILES string of the molecule is CN(C)c1cc2c(c(N(C)C)c1)C(c1ccccc1)(c1cccn1C)OC2=O. The molecule has 0 radical (unpaired) electrons. The minimum Gasteiger partial charge on any atom is -0.439 e. The Morgan fingerprint density at radius 1 is 0.929 bits per heavy atom. The number of nitrogens with zero attached hydrogens (tertiary/aromatic N) is 3. The average molecular weight is 375 g/mol. The van der Waals surface area contributed by atoms with Gasteiger partial charge in [0.1, 0.15) is 0 Å². The first-order valence-corrected chi connectivity index (χ1v) is 9.30. The standard InChI is InChI=1S/C23H25N3O2/c1-24(2)17-14-18-21(19(15-17)25(3)4)23(28-22(18)27,16-10-7-6-8-11-16)20-12-9-13-26(20)5/h6-15H,1-5H3. The number of anilines is 2. The van der Waals surface area contributed by atoms with E-state index in [1.165, 1.54) is 0 Å². The predicted molar refractivity (Wildman–Crippen MR) is 112 cm³/mol. The van der Waals surface area contributed by atoms with Crippen LogP contribution >= 0.6 is 0 Å². The molecule has 0 bridgehead atoms. The van der Waals surface area contributed by atoms with E-state index in [1.807, 2.05) is 99.4 Å². The first kappa shape index (κ1) is 18.2. The highest BCUT2D eigenvalue weighted by molar-refractivity contribution is 6.00. The molecule has 1 aromatic heterocycles. The van der Waals surface area contributed by atoms with E-state index < -0.39 is 5.60 Å². The van der Waals surface area contributed by atoms with E-state index >= 15 is 0 Å². The first-order valence-electron chi connectivity index (χ1n) is 9.30. The van der Waals surface area contributed by atoms with Gasteiger partial charge in [0.25, 0.3) is 0 Å². The molecule has 1 atom stereocenters. The fraction of sp³-hybridized carbons (Fsp3) is 0.261. The molecule has 28 heavy (non-hydrogen) atoms. The molecule has 5 nitrogen and oxygen atoms in total. The van der Waals surface area contributed by atoms with Gasteiger partial charge in [-0.2, -0.15) is 0 Å². The van der Waals surface area contributed by atoms with Crippen LogP contribution in [0.25, 0.3) is 0 Å². The van der Waals surface area contributed by atoms with Crippen LogP contribution in [0.4, 0.5) is 11.4 Å². The Kier molecular flexibility index (Phi) is 4.18. The maximum absolute atomic E-state index is 13.1. The minimum absolute atomic E-state index is 0.299. The minimum atomic E-state index is -0.990. The Labute approximate surface area is 165 Å². The number of hydrogen-bond donors (Lipinski definition) is 0. The van der Waals surface area contributed by atoms with E-state index in [2.05, 4.69) is 11.0 Å². The number of carbonyl (C=O) groups is 1. The van der Waals surface area contributed by atoms with Crippen LogP contribution in [-0.4, -0.2) is 38.7 Å². The molecule has 2 aromatic carbocycles. The highest BCUT2D eigenvalue weighted by atomic mass is 16.6. The Morgan fingerprint density at radius 2 is 1.64 bits per heavy atom. The molecule has 0 aliphatic carbocycles. The van der Waals surface area contributed by atoms with Crippen molar-refractivity contribution in [1.29, 1.82) is 0 Å². The summed E-state index contributed by atoms with van der Waals surface area (Å²) in [6.07, 6.45) is 1.98. The molecule has 0 fully saturated rings. The molecule has 0 saturated carbocycles. The second kappa shape index (κ2) is 6.44. The third kappa shape index (κ3) is 2.50. The molecule has 144 valence electrons. The highest BCUT2D eigenvalue weighted by Gasteiger charge is 2.52. The summed E-state index contributed by atoms with van der Waals surface area (Å²) in [6.45, 7) is 0. The van der Waals surface area contributed by atoms with E-state index in [9.17, 15) is 4.79 Å². The Morgan fingerprint density at radius 3 is 2.21 bits per heavy atom. The largest absolute Gasteiger partial charge is 0.439 e. The van der Waals surface area contributed by atoms with Gasteiger partial charge in [0.15, 0.2) is 0 Å². The van der Waals surface area contributed by atoms with Crippen molar-refractivity contribution in [1.82, 2.24) is 4.57 Å². The fourth-order valence-corrected chi connectivity index (χ4v) is 4.03. The molecule has 5 heteroatoms. The summed E-state index contributed by atoms with van der Waals surface area (Å²) in [5.41, 5.74) is 4.31. The lowest BCUT2D eigenvalue weighted by atomic mass is 9.81. The van der Waals surface area contributed by atoms with Gasteiger partial charge in [-0.05, 0) is 24.3 Å². The van der Waals surface area contributed by atoms with Crippen molar-refractivity contribution >= 4 is 17.3 Å². The molecular weight excluding hydrogens is 350 g/mol. The van der Waals surface area contributed by atoms with E-state index in [0.29, 0.717) is 5.56 Å². The molecule has 0 spiro atoms. The lowest BCUT2D eigenvalue weighted by Gasteiger charge is -2.33. The van der Waals surface area contributed by atoms with Gasteiger partial charge in [-0.15, -0.1) is 0 Å². The smallest absolute Gasteiger partial charge is 0.340 e. The van der Waals surface area contributed by atoms with E-state index in [-0.39, 0.29) is 5.97 Å². The van der Waals surface area contributed by atoms with Gasteiger partial charge >= 0.3 is 5.97 Å². The third-order valence-corrected chi connectivity index (χ3v) is 5.40. The van der Waals surface area contributed by atoms with Crippen molar-refractivity contribution in [3.8, 4) is 0 Å². The fourth-order valence-electron chi connectivity index (χ4n) is 4.03. The summed E-state index contributed by atoms with van der Waals surface area (Å²) < 4.78 is 8.27. The second-order valence-corrected chi connectivity index (χ2v) is 7.62. The highest BCUT2D eigenvalue weighted by Crippen LogP contribution is 2.51. The topological polar surface area (TPSA) is 37.7 Å². The van der Waals surface area contributed by atoms with Crippen molar-refractivity contribution in [2.24, 2.45) is 7.05 Å². The number of ether oxygens (including phenoxy) is 1. The van der Waals surface area contributed by atoms with Crippen LogP contribution in [0.1, 0.15) is 27.2 Å². The quantitative estimate of drug-likeness (QED) is 0.653. The van der Waals surface area contributed by atoms with E-state index in [0.717, 1.165) is 28.2 Å². The van der Waals surface area contributed by atoms with E-state index in [4.69, 9.17) is 4.74 Å². The molecule has 0 amide bonds. The lowest BCUT2D eigenvalue weighted by Crippen LogP contribution is -2.33. The molecule has 3 aromatic rings. The van der Waals surface area contributed by atoms with Crippen molar-refractivity contribution in [2.75, 3.05) is 38.0 Å². The zero-order chi connectivity index (χ0) is 20.1. The number of benzene rings is 2. The maximum Gasteiger partial charge on any atom is 0.340 e. The average Bonchev–Trinajstić information content (AvgIpc) is 3.23. The summed E-state index contributed by atoms with van der Waals surface area (Å²) in [6, 6.07) is 18.0. The van der Waals surface area contributed by atoms with E-state index in [1.54, 1.807) is 0 Å². The number of aryl methyl sites for hydroxylation is 1. The van der Waals surface area contributed by atoms with Gasteiger partial charge in [0, 0.05) is 63.9 Å². The van der Waals surface area contributed by atoms with Gasteiger partial charge in [0.05, 0.1) is 11.3 Å². The van der Waals surface area contributed by atoms with Crippen LogP contribution in [0.3, 0.4) is 0 Å². The van der Waals surface area contributed by atoms with Crippen LogP contribution < -0.4 is 9.80 Å². The third-order valence-electron chi connectivity index (χ3n) is 5.40. The number of esters is 1. The summed E-state index contributed by atoms with van der Waals surface area (Å²) >= 11 is 0. The van der Waals surface area contributed by atoms with Gasteiger partial charge in [0.2, 0.25) is 5.60 Å². The number of hydrogen-bond acceptors (Lipinski definition) is 4. The molecule has 0 saturated heterocycles. The summed E-state index contributed by atoms with van der Waals surface area (Å²) in [5.74, 6) is -0.299. The Bertz CT molecular complexity index is 1040. The molecule has 4 rings (SSSR count). The van der Waals surface area contributed by atoms with Crippen molar-refractivity contribution in [3.63, 3.8) is 0 Å². The molecule has 1 unspecified atom stereocenters. The Hall–Kier alpha value is -3.21. The number of aromatic nitrogens is 1. The molecule has 0 N–H and O–H groups in total. The van der Waals surface area contributed by atoms with Crippen LogP contribution in [0.15, 0.2) is 60.8 Å². The zero-order valence-electron chi connectivity index (χ0n) is 16.9. The van der Waals surface area contributed by atoms with Crippen LogP contribution in [0.2, 0.25) is 0 Å². The van der Waals surface area contributed by atoms with Crippen LogP contribution in [0.5, 0.6) is 0 Å². The second-order valence-electron chi connectivity index (χ2n) is 7.62. The van der Waals surface area contributed by atoms with Gasteiger partial charge < -0.3 is 19.1 Å². The molecule has 1 aliphatic rings. The van der Waals surface area contributed by atoms with Crippen LogP contribution in [0, 0.1) is 0 Å². The summed E-state index contributed by atoms with van der Waals surface area (Å²) in [5, 5.41) is 0. The molecule has 1 aliphatic heterocycles. The monoisotopic (exact) mass is 375 g/mol.